The second kappa shape index (κ2) is 10.3. The molecule has 0 unspecified atom stereocenters. The van der Waals surface area contributed by atoms with Crippen molar-refractivity contribution in [2.24, 2.45) is 0 Å². The van der Waals surface area contributed by atoms with E-state index in [1.165, 1.54) is 42.7 Å². The van der Waals surface area contributed by atoms with Gasteiger partial charge in [0.25, 0.3) is 11.8 Å². The Morgan fingerprint density at radius 2 is 1.63 bits per heavy atom. The molecule has 0 saturated heterocycles. The lowest BCUT2D eigenvalue weighted by Crippen LogP contribution is -2.31. The highest BCUT2D eigenvalue weighted by Gasteiger charge is 2.35. The summed E-state index contributed by atoms with van der Waals surface area (Å²) in [5.41, 5.74) is 1.38. The second-order valence-electron chi connectivity index (χ2n) is 8.76. The van der Waals surface area contributed by atoms with Crippen molar-refractivity contribution in [1.29, 1.82) is 0 Å². The number of methoxy groups -OCH3 is 1. The van der Waals surface area contributed by atoms with Crippen molar-refractivity contribution < 1.29 is 33.0 Å². The molecular formula is C29H23NO8. The van der Waals surface area contributed by atoms with Crippen LogP contribution in [0.25, 0.3) is 11.0 Å². The Morgan fingerprint density at radius 3 is 2.39 bits per heavy atom. The number of amides is 2. The van der Waals surface area contributed by atoms with Gasteiger partial charge in [0.05, 0.1) is 22.1 Å². The van der Waals surface area contributed by atoms with E-state index < -0.39 is 17.8 Å². The van der Waals surface area contributed by atoms with Gasteiger partial charge in [-0.05, 0) is 55.8 Å². The van der Waals surface area contributed by atoms with Crippen molar-refractivity contribution in [2.45, 2.75) is 13.3 Å². The van der Waals surface area contributed by atoms with E-state index in [1.807, 2.05) is 19.1 Å². The van der Waals surface area contributed by atoms with Crippen LogP contribution in [0.1, 0.15) is 43.1 Å². The minimum absolute atomic E-state index is 0.0275. The predicted molar refractivity (Wildman–Crippen MR) is 137 cm³/mol. The van der Waals surface area contributed by atoms with E-state index in [0.717, 1.165) is 10.5 Å². The Morgan fingerprint density at radius 1 is 0.895 bits per heavy atom. The van der Waals surface area contributed by atoms with E-state index in [0.29, 0.717) is 18.8 Å². The highest BCUT2D eigenvalue weighted by Crippen LogP contribution is 2.27. The first kappa shape index (κ1) is 24.9. The molecule has 0 spiro atoms. The zero-order chi connectivity index (χ0) is 26.8. The molecule has 192 valence electrons. The molecular weight excluding hydrogens is 490 g/mol. The summed E-state index contributed by atoms with van der Waals surface area (Å²) in [4.78, 5) is 52.1. The number of carbonyl (C=O) groups excluding carboxylic acids is 3. The molecule has 9 heteroatoms. The Labute approximate surface area is 217 Å². The molecule has 0 N–H and O–H groups in total. The first-order valence-corrected chi connectivity index (χ1v) is 11.9. The zero-order valence-electron chi connectivity index (χ0n) is 20.7. The van der Waals surface area contributed by atoms with E-state index >= 15 is 0 Å². The van der Waals surface area contributed by atoms with Gasteiger partial charge >= 0.3 is 5.97 Å². The van der Waals surface area contributed by atoms with E-state index in [-0.39, 0.29) is 51.1 Å². The Hall–Kier alpha value is -4.76. The third kappa shape index (κ3) is 4.79. The lowest BCUT2D eigenvalue weighted by Gasteiger charge is -2.12. The van der Waals surface area contributed by atoms with Crippen molar-refractivity contribution in [3.63, 3.8) is 0 Å². The van der Waals surface area contributed by atoms with Crippen LogP contribution in [0.5, 0.6) is 17.2 Å². The summed E-state index contributed by atoms with van der Waals surface area (Å²) < 4.78 is 21.7. The summed E-state index contributed by atoms with van der Waals surface area (Å²) in [6, 6.07) is 15.8. The largest absolute Gasteiger partial charge is 0.460 e. The van der Waals surface area contributed by atoms with Crippen molar-refractivity contribution in [3.8, 4) is 17.2 Å². The van der Waals surface area contributed by atoms with Crippen LogP contribution in [0.4, 0.5) is 0 Å². The van der Waals surface area contributed by atoms with E-state index in [9.17, 15) is 19.2 Å². The van der Waals surface area contributed by atoms with E-state index in [1.54, 1.807) is 19.2 Å². The minimum atomic E-state index is -0.730. The molecule has 0 atom stereocenters. The number of imide groups is 1. The molecule has 3 aromatic carbocycles. The molecule has 2 heterocycles. The molecule has 0 fully saturated rings. The molecule has 0 radical (unpaired) electrons. The third-order valence-electron chi connectivity index (χ3n) is 6.11. The van der Waals surface area contributed by atoms with Crippen molar-refractivity contribution in [3.05, 3.63) is 99.4 Å². The van der Waals surface area contributed by atoms with Gasteiger partial charge in [-0.15, -0.1) is 0 Å². The zero-order valence-corrected chi connectivity index (χ0v) is 20.7. The molecule has 9 nitrogen and oxygen atoms in total. The third-order valence-corrected chi connectivity index (χ3v) is 6.11. The van der Waals surface area contributed by atoms with Crippen LogP contribution in [-0.2, 0) is 4.74 Å². The average Bonchev–Trinajstić information content (AvgIpc) is 3.16. The maximum atomic E-state index is 12.9. The fourth-order valence-corrected chi connectivity index (χ4v) is 4.11. The van der Waals surface area contributed by atoms with Gasteiger partial charge in [-0.25, -0.2) is 4.79 Å². The maximum absolute atomic E-state index is 12.9. The SMILES string of the molecule is COCCCN1C(=O)c2ccc(C(=O)Oc3ccc4c(=O)c(Oc5ccc(C)cc5)coc4c3)cc2C1=O. The summed E-state index contributed by atoms with van der Waals surface area (Å²) in [6.45, 7) is 2.58. The number of ether oxygens (including phenoxy) is 3. The molecule has 0 aliphatic carbocycles. The summed E-state index contributed by atoms with van der Waals surface area (Å²) in [5.74, 6) is -0.933. The monoisotopic (exact) mass is 513 g/mol. The van der Waals surface area contributed by atoms with Crippen molar-refractivity contribution >= 4 is 28.8 Å². The van der Waals surface area contributed by atoms with Gasteiger partial charge in [-0.3, -0.25) is 19.3 Å². The summed E-state index contributed by atoms with van der Waals surface area (Å²) in [7, 11) is 1.54. The van der Waals surface area contributed by atoms with Crippen LogP contribution < -0.4 is 14.9 Å². The summed E-state index contributed by atoms with van der Waals surface area (Å²) >= 11 is 0. The Kier molecular flexibility index (Phi) is 6.76. The van der Waals surface area contributed by atoms with Crippen LogP contribution in [0, 0.1) is 6.92 Å². The average molecular weight is 514 g/mol. The van der Waals surface area contributed by atoms with Crippen LogP contribution in [0.15, 0.2) is 76.1 Å². The van der Waals surface area contributed by atoms with Gasteiger partial charge in [-0.2, -0.15) is 0 Å². The highest BCUT2D eigenvalue weighted by molar-refractivity contribution is 6.22. The number of hydrogen-bond acceptors (Lipinski definition) is 8. The maximum Gasteiger partial charge on any atom is 0.343 e. The smallest absolute Gasteiger partial charge is 0.343 e. The van der Waals surface area contributed by atoms with Crippen LogP contribution in [-0.4, -0.2) is 42.9 Å². The molecule has 0 saturated carbocycles. The van der Waals surface area contributed by atoms with Crippen LogP contribution >= 0.6 is 0 Å². The Balaban J connectivity index is 1.33. The van der Waals surface area contributed by atoms with Gasteiger partial charge in [0, 0.05) is 26.3 Å². The van der Waals surface area contributed by atoms with Crippen molar-refractivity contribution in [1.82, 2.24) is 4.90 Å². The molecule has 1 aliphatic rings. The number of carbonyl (C=O) groups is 3. The standard InChI is InChI=1S/C29H23NO8/c1-17-4-7-19(8-5-17)37-25-16-36-24-15-20(9-11-22(24)26(25)31)38-29(34)18-6-10-21-23(14-18)28(33)30(27(21)32)12-3-13-35-2/h4-11,14-16H,3,12-13H2,1-2H3. The highest BCUT2D eigenvalue weighted by atomic mass is 16.5. The second-order valence-corrected chi connectivity index (χ2v) is 8.76. The topological polar surface area (TPSA) is 112 Å². The molecule has 5 rings (SSSR count). The number of nitrogens with zero attached hydrogens (tertiary/aromatic N) is 1. The fourth-order valence-electron chi connectivity index (χ4n) is 4.11. The first-order chi connectivity index (χ1) is 18.4. The number of hydrogen-bond donors (Lipinski definition) is 0. The Bertz CT molecular complexity index is 1620. The number of rotatable bonds is 8. The van der Waals surface area contributed by atoms with Crippen LogP contribution in [0.3, 0.4) is 0 Å². The molecule has 1 aromatic heterocycles. The summed E-state index contributed by atoms with van der Waals surface area (Å²) in [5, 5.41) is 0.254. The molecule has 38 heavy (non-hydrogen) atoms. The number of benzene rings is 3. The summed E-state index contributed by atoms with van der Waals surface area (Å²) in [6.07, 6.45) is 1.71. The van der Waals surface area contributed by atoms with Gasteiger partial charge in [0.1, 0.15) is 23.3 Å². The minimum Gasteiger partial charge on any atom is -0.460 e. The van der Waals surface area contributed by atoms with E-state index in [4.69, 9.17) is 18.6 Å². The quantitative estimate of drug-likeness (QED) is 0.144. The van der Waals surface area contributed by atoms with Crippen molar-refractivity contribution in [2.75, 3.05) is 20.3 Å². The lowest BCUT2D eigenvalue weighted by atomic mass is 10.1. The number of esters is 1. The number of aryl methyl sites for hydroxylation is 1. The predicted octanol–water partition coefficient (Wildman–Crippen LogP) is 4.75. The van der Waals surface area contributed by atoms with E-state index in [2.05, 4.69) is 0 Å². The fraction of sp³-hybridized carbons (Fsp3) is 0.172. The van der Waals surface area contributed by atoms with Crippen LogP contribution in [0.2, 0.25) is 0 Å². The number of fused-ring (bicyclic) bond motifs is 2. The van der Waals surface area contributed by atoms with Gasteiger partial charge in [0.15, 0.2) is 0 Å². The molecule has 1 aliphatic heterocycles. The lowest BCUT2D eigenvalue weighted by molar-refractivity contribution is 0.0638. The molecule has 2 amide bonds. The normalized spacial score (nSPS) is 12.6. The molecule has 4 aromatic rings. The van der Waals surface area contributed by atoms with Gasteiger partial charge in [0.2, 0.25) is 11.2 Å². The first-order valence-electron chi connectivity index (χ1n) is 11.9. The van der Waals surface area contributed by atoms with Gasteiger partial charge < -0.3 is 18.6 Å². The van der Waals surface area contributed by atoms with Gasteiger partial charge in [-0.1, -0.05) is 17.7 Å². The molecule has 0 bridgehead atoms.